The maximum atomic E-state index is 13.0. The molecule has 1 aromatic heterocycles. The van der Waals surface area contributed by atoms with Crippen molar-refractivity contribution in [2.75, 3.05) is 26.7 Å². The molecule has 3 rings (SSSR count). The molecular formula is C15H23N3O3S. The zero-order valence-electron chi connectivity index (χ0n) is 12.9. The van der Waals surface area contributed by atoms with Crippen LogP contribution in [0.2, 0.25) is 0 Å². The molecule has 0 unspecified atom stereocenters. The van der Waals surface area contributed by atoms with E-state index in [1.165, 1.54) is 0 Å². The van der Waals surface area contributed by atoms with Crippen molar-refractivity contribution in [2.45, 2.75) is 37.8 Å². The van der Waals surface area contributed by atoms with E-state index in [1.54, 1.807) is 28.1 Å². The van der Waals surface area contributed by atoms with Gasteiger partial charge in [0.15, 0.2) is 0 Å². The van der Waals surface area contributed by atoms with Crippen molar-refractivity contribution in [1.82, 2.24) is 13.6 Å². The topological polar surface area (TPSA) is 62.7 Å². The van der Waals surface area contributed by atoms with E-state index in [0.717, 1.165) is 31.2 Å². The van der Waals surface area contributed by atoms with Gasteiger partial charge in [0.2, 0.25) is 0 Å². The van der Waals surface area contributed by atoms with Crippen molar-refractivity contribution in [2.24, 2.45) is 0 Å². The molecule has 1 aromatic rings. The van der Waals surface area contributed by atoms with Crippen LogP contribution in [-0.2, 0) is 14.9 Å². The van der Waals surface area contributed by atoms with E-state index < -0.39 is 10.2 Å². The second-order valence-corrected chi connectivity index (χ2v) is 7.78. The Morgan fingerprint density at radius 2 is 2.00 bits per heavy atom. The molecule has 0 saturated carbocycles. The number of rotatable bonds is 4. The number of nitrogens with zero attached hydrogens (tertiary/aromatic N) is 3. The Bertz CT molecular complexity index is 585. The van der Waals surface area contributed by atoms with E-state index in [4.69, 9.17) is 4.74 Å². The Morgan fingerprint density at radius 3 is 2.64 bits per heavy atom. The third-order valence-electron chi connectivity index (χ3n) is 4.63. The molecule has 2 aliphatic rings. The van der Waals surface area contributed by atoms with Gasteiger partial charge in [-0.2, -0.15) is 17.0 Å². The van der Waals surface area contributed by atoms with Crippen LogP contribution in [-0.4, -0.2) is 54.9 Å². The molecule has 7 heteroatoms. The van der Waals surface area contributed by atoms with Crippen LogP contribution in [0.4, 0.5) is 0 Å². The first-order chi connectivity index (χ1) is 10.6. The average molecular weight is 325 g/mol. The molecule has 0 aromatic carbocycles. The van der Waals surface area contributed by atoms with Gasteiger partial charge < -0.3 is 4.74 Å². The first-order valence-corrected chi connectivity index (χ1v) is 9.22. The van der Waals surface area contributed by atoms with Gasteiger partial charge >= 0.3 is 0 Å². The van der Waals surface area contributed by atoms with Crippen LogP contribution in [0.15, 0.2) is 24.5 Å². The molecule has 1 atom stereocenters. The Labute approximate surface area is 132 Å². The summed E-state index contributed by atoms with van der Waals surface area (Å²) in [5.41, 5.74) is 0.982. The van der Waals surface area contributed by atoms with E-state index in [2.05, 4.69) is 4.98 Å². The van der Waals surface area contributed by atoms with Crippen molar-refractivity contribution in [3.63, 3.8) is 0 Å². The molecule has 22 heavy (non-hydrogen) atoms. The van der Waals surface area contributed by atoms with Crippen molar-refractivity contribution in [3.8, 4) is 0 Å². The molecule has 2 aliphatic heterocycles. The van der Waals surface area contributed by atoms with Gasteiger partial charge in [-0.15, -0.1) is 0 Å². The summed E-state index contributed by atoms with van der Waals surface area (Å²) in [5, 5.41) is 0. The first-order valence-electron chi connectivity index (χ1n) is 7.82. The van der Waals surface area contributed by atoms with Gasteiger partial charge in [-0.25, -0.2) is 0 Å². The fourth-order valence-electron chi connectivity index (χ4n) is 3.37. The minimum absolute atomic E-state index is 0.0844. The van der Waals surface area contributed by atoms with Crippen LogP contribution in [0, 0.1) is 0 Å². The van der Waals surface area contributed by atoms with Crippen LogP contribution in [0.3, 0.4) is 0 Å². The summed E-state index contributed by atoms with van der Waals surface area (Å²) >= 11 is 0. The molecule has 2 saturated heterocycles. The van der Waals surface area contributed by atoms with Crippen LogP contribution >= 0.6 is 0 Å². The molecule has 0 radical (unpaired) electrons. The molecule has 6 nitrogen and oxygen atoms in total. The van der Waals surface area contributed by atoms with E-state index in [9.17, 15) is 8.42 Å². The minimum Gasteiger partial charge on any atom is -0.381 e. The Balaban J connectivity index is 1.77. The first kappa shape index (κ1) is 15.9. The molecule has 0 aliphatic carbocycles. The summed E-state index contributed by atoms with van der Waals surface area (Å²) in [6, 6.07) is 3.74. The fraction of sp³-hybridized carbons (Fsp3) is 0.667. The number of piperidine rings is 1. The largest absolute Gasteiger partial charge is 0.381 e. The SMILES string of the molecule is COC1CCN(S(=O)(=O)N2CCC[C@H]2c2cccnc2)CC1. The predicted molar refractivity (Wildman–Crippen MR) is 83.4 cm³/mol. The van der Waals surface area contributed by atoms with E-state index >= 15 is 0 Å². The molecular weight excluding hydrogens is 302 g/mol. The highest BCUT2D eigenvalue weighted by atomic mass is 32.2. The van der Waals surface area contributed by atoms with Crippen molar-refractivity contribution in [3.05, 3.63) is 30.1 Å². The highest BCUT2D eigenvalue weighted by Gasteiger charge is 2.40. The summed E-state index contributed by atoms with van der Waals surface area (Å²) in [5.74, 6) is 0. The Morgan fingerprint density at radius 1 is 1.23 bits per heavy atom. The lowest BCUT2D eigenvalue weighted by Crippen LogP contribution is -2.47. The lowest BCUT2D eigenvalue weighted by molar-refractivity contribution is 0.0590. The van der Waals surface area contributed by atoms with E-state index in [0.29, 0.717) is 19.6 Å². The number of methoxy groups -OCH3 is 1. The van der Waals surface area contributed by atoms with E-state index in [-0.39, 0.29) is 12.1 Å². The second kappa shape index (κ2) is 6.62. The van der Waals surface area contributed by atoms with Gasteiger partial charge in [0, 0.05) is 39.1 Å². The third-order valence-corrected chi connectivity index (χ3v) is 6.68. The zero-order chi connectivity index (χ0) is 15.6. The highest BCUT2D eigenvalue weighted by molar-refractivity contribution is 7.86. The van der Waals surface area contributed by atoms with Gasteiger partial charge in [-0.1, -0.05) is 6.07 Å². The fourth-order valence-corrected chi connectivity index (χ4v) is 5.25. The zero-order valence-corrected chi connectivity index (χ0v) is 13.7. The number of pyridine rings is 1. The van der Waals surface area contributed by atoms with Gasteiger partial charge in [0.25, 0.3) is 10.2 Å². The molecule has 0 amide bonds. The van der Waals surface area contributed by atoms with E-state index in [1.807, 2.05) is 12.1 Å². The summed E-state index contributed by atoms with van der Waals surface area (Å²) < 4.78 is 34.5. The van der Waals surface area contributed by atoms with Crippen LogP contribution in [0.5, 0.6) is 0 Å². The van der Waals surface area contributed by atoms with Crippen LogP contribution < -0.4 is 0 Å². The maximum absolute atomic E-state index is 13.0. The number of hydrogen-bond donors (Lipinski definition) is 0. The Kier molecular flexibility index (Phi) is 4.77. The predicted octanol–water partition coefficient (Wildman–Crippen LogP) is 1.57. The van der Waals surface area contributed by atoms with Gasteiger partial charge in [-0.05, 0) is 37.3 Å². The van der Waals surface area contributed by atoms with Gasteiger partial charge in [0.05, 0.1) is 12.1 Å². The van der Waals surface area contributed by atoms with Crippen LogP contribution in [0.1, 0.15) is 37.3 Å². The minimum atomic E-state index is -3.41. The van der Waals surface area contributed by atoms with Crippen molar-refractivity contribution in [1.29, 1.82) is 0 Å². The smallest absolute Gasteiger partial charge is 0.282 e. The Hall–Kier alpha value is -1.02. The second-order valence-electron chi connectivity index (χ2n) is 5.90. The lowest BCUT2D eigenvalue weighted by Gasteiger charge is -2.35. The molecule has 0 N–H and O–H groups in total. The summed E-state index contributed by atoms with van der Waals surface area (Å²) in [7, 11) is -1.72. The molecule has 3 heterocycles. The maximum Gasteiger partial charge on any atom is 0.282 e. The number of aromatic nitrogens is 1. The third kappa shape index (κ3) is 3.03. The van der Waals surface area contributed by atoms with Crippen molar-refractivity contribution >= 4 is 10.2 Å². The number of ether oxygens (including phenoxy) is 1. The molecule has 0 bridgehead atoms. The molecule has 122 valence electrons. The lowest BCUT2D eigenvalue weighted by atomic mass is 10.1. The van der Waals surface area contributed by atoms with Crippen molar-refractivity contribution < 1.29 is 13.2 Å². The summed E-state index contributed by atoms with van der Waals surface area (Å²) in [6.45, 7) is 1.67. The van der Waals surface area contributed by atoms with Gasteiger partial charge in [-0.3, -0.25) is 4.98 Å². The number of hydrogen-bond acceptors (Lipinski definition) is 4. The highest BCUT2D eigenvalue weighted by Crippen LogP contribution is 2.35. The quantitative estimate of drug-likeness (QED) is 0.843. The monoisotopic (exact) mass is 325 g/mol. The summed E-state index contributed by atoms with van der Waals surface area (Å²) in [6.07, 6.45) is 6.96. The molecule has 0 spiro atoms. The standard InChI is InChI=1S/C15H23N3O3S/c1-21-14-6-10-17(11-7-14)22(19,20)18-9-3-5-15(18)13-4-2-8-16-12-13/h2,4,8,12,14-15H,3,5-7,9-11H2,1H3/t15-/m0/s1. The van der Waals surface area contributed by atoms with Crippen LogP contribution in [0.25, 0.3) is 0 Å². The normalized spacial score (nSPS) is 25.6. The molecule has 2 fully saturated rings. The summed E-state index contributed by atoms with van der Waals surface area (Å²) in [4.78, 5) is 4.13. The van der Waals surface area contributed by atoms with Gasteiger partial charge in [0.1, 0.15) is 0 Å². The average Bonchev–Trinajstić information content (AvgIpc) is 3.06.